The van der Waals surface area contributed by atoms with E-state index in [0.717, 1.165) is 31.1 Å². The molecular formula is C20H19N5O4. The number of rotatable bonds is 4. The van der Waals surface area contributed by atoms with Gasteiger partial charge in [-0.25, -0.2) is 4.98 Å². The smallest absolute Gasteiger partial charge is 0.297 e. The standard InChI is InChI=1S/C20H19N5O4/c1-12-22-19(24-29-12)20(8-4-5-9-20)23-15(26)10-25-11-21-16-13-6-2-3-7-14(13)28-17(16)18(25)27/h2-3,6-7,11H,4-5,8-10H2,1H3,(H,23,26). The molecule has 0 saturated heterocycles. The number of aryl methyl sites for hydroxylation is 1. The average molecular weight is 393 g/mol. The number of nitrogens with zero attached hydrogens (tertiary/aromatic N) is 4. The number of carbonyl (C=O) groups is 1. The Morgan fingerprint density at radius 1 is 1.28 bits per heavy atom. The molecule has 148 valence electrons. The maximum absolute atomic E-state index is 12.8. The number of aromatic nitrogens is 4. The van der Waals surface area contributed by atoms with Crippen LogP contribution in [0.15, 0.2) is 44.3 Å². The van der Waals surface area contributed by atoms with Gasteiger partial charge in [0.1, 0.15) is 23.2 Å². The number of carbonyl (C=O) groups excluding carboxylic acids is 1. The van der Waals surface area contributed by atoms with Crippen LogP contribution in [0.2, 0.25) is 0 Å². The van der Waals surface area contributed by atoms with Crippen LogP contribution in [0.5, 0.6) is 0 Å². The minimum absolute atomic E-state index is 0.144. The first kappa shape index (κ1) is 17.6. The highest BCUT2D eigenvalue weighted by Crippen LogP contribution is 2.37. The van der Waals surface area contributed by atoms with Gasteiger partial charge in [0.15, 0.2) is 5.82 Å². The lowest BCUT2D eigenvalue weighted by molar-refractivity contribution is -0.123. The third-order valence-electron chi connectivity index (χ3n) is 5.46. The van der Waals surface area contributed by atoms with Crippen molar-refractivity contribution in [2.75, 3.05) is 0 Å². The summed E-state index contributed by atoms with van der Waals surface area (Å²) in [5, 5.41) is 7.82. The summed E-state index contributed by atoms with van der Waals surface area (Å²) in [6, 6.07) is 7.32. The van der Waals surface area contributed by atoms with Gasteiger partial charge in [0.25, 0.3) is 5.56 Å². The molecule has 5 rings (SSSR count). The molecule has 0 bridgehead atoms. The molecule has 0 unspecified atom stereocenters. The summed E-state index contributed by atoms with van der Waals surface area (Å²) in [5.41, 5.74) is 0.182. The van der Waals surface area contributed by atoms with Gasteiger partial charge < -0.3 is 14.3 Å². The Labute approximate surface area is 164 Å². The lowest BCUT2D eigenvalue weighted by atomic mass is 9.96. The molecule has 1 aliphatic carbocycles. The summed E-state index contributed by atoms with van der Waals surface area (Å²) in [4.78, 5) is 34.3. The van der Waals surface area contributed by atoms with Crippen molar-refractivity contribution < 1.29 is 13.7 Å². The van der Waals surface area contributed by atoms with Crippen molar-refractivity contribution in [2.45, 2.75) is 44.7 Å². The SMILES string of the molecule is Cc1nc(C2(NC(=O)Cn3cnc4c(oc5ccccc54)c3=O)CCCC2)no1. The molecule has 0 aliphatic heterocycles. The van der Waals surface area contributed by atoms with Crippen molar-refractivity contribution in [1.29, 1.82) is 0 Å². The monoisotopic (exact) mass is 393 g/mol. The number of furan rings is 1. The molecule has 1 N–H and O–H groups in total. The molecule has 1 saturated carbocycles. The topological polar surface area (TPSA) is 116 Å². The quantitative estimate of drug-likeness (QED) is 0.566. The largest absolute Gasteiger partial charge is 0.448 e. The van der Waals surface area contributed by atoms with Gasteiger partial charge in [0, 0.05) is 12.3 Å². The molecule has 3 heterocycles. The lowest BCUT2D eigenvalue weighted by Crippen LogP contribution is -2.46. The molecule has 3 aromatic heterocycles. The maximum atomic E-state index is 12.8. The van der Waals surface area contributed by atoms with E-state index in [0.29, 0.717) is 22.8 Å². The second kappa shape index (κ2) is 6.54. The summed E-state index contributed by atoms with van der Waals surface area (Å²) in [6.45, 7) is 1.55. The Morgan fingerprint density at radius 3 is 2.83 bits per heavy atom. The zero-order valence-corrected chi connectivity index (χ0v) is 15.8. The zero-order valence-electron chi connectivity index (χ0n) is 15.8. The fourth-order valence-electron chi connectivity index (χ4n) is 4.07. The molecule has 0 spiro atoms. The maximum Gasteiger partial charge on any atom is 0.297 e. The molecule has 1 aromatic carbocycles. The summed E-state index contributed by atoms with van der Waals surface area (Å²) >= 11 is 0. The molecule has 0 atom stereocenters. The normalized spacial score (nSPS) is 15.9. The van der Waals surface area contributed by atoms with Gasteiger partial charge in [0.2, 0.25) is 17.4 Å². The zero-order chi connectivity index (χ0) is 20.0. The molecule has 4 aromatic rings. The number of hydrogen-bond donors (Lipinski definition) is 1. The van der Waals surface area contributed by atoms with Crippen LogP contribution in [-0.2, 0) is 16.9 Å². The van der Waals surface area contributed by atoms with Gasteiger partial charge in [-0.15, -0.1) is 0 Å². The highest BCUT2D eigenvalue weighted by Gasteiger charge is 2.41. The van der Waals surface area contributed by atoms with Crippen LogP contribution >= 0.6 is 0 Å². The van der Waals surface area contributed by atoms with Gasteiger partial charge in [-0.2, -0.15) is 4.98 Å². The Hall–Kier alpha value is -3.49. The molecule has 29 heavy (non-hydrogen) atoms. The van der Waals surface area contributed by atoms with Gasteiger partial charge >= 0.3 is 0 Å². The van der Waals surface area contributed by atoms with Gasteiger partial charge in [-0.3, -0.25) is 14.2 Å². The van der Waals surface area contributed by atoms with Crippen LogP contribution in [-0.4, -0.2) is 25.6 Å². The van der Waals surface area contributed by atoms with Crippen LogP contribution < -0.4 is 10.9 Å². The fourth-order valence-corrected chi connectivity index (χ4v) is 4.07. The molecule has 1 fully saturated rings. The van der Waals surface area contributed by atoms with E-state index in [9.17, 15) is 9.59 Å². The van der Waals surface area contributed by atoms with E-state index >= 15 is 0 Å². The van der Waals surface area contributed by atoms with Gasteiger partial charge in [-0.1, -0.05) is 30.1 Å². The molecule has 0 radical (unpaired) electrons. The fraction of sp³-hybridized carbons (Fsp3) is 0.350. The van der Waals surface area contributed by atoms with E-state index in [-0.39, 0.29) is 18.0 Å². The number of nitrogens with one attached hydrogen (secondary N) is 1. The predicted molar refractivity (Wildman–Crippen MR) is 103 cm³/mol. The second-order valence-electron chi connectivity index (χ2n) is 7.43. The Balaban J connectivity index is 1.44. The van der Waals surface area contributed by atoms with Crippen LogP contribution in [0, 0.1) is 6.92 Å². The minimum atomic E-state index is -0.657. The Bertz CT molecular complexity index is 1280. The predicted octanol–water partition coefficient (Wildman–Crippen LogP) is 2.42. The van der Waals surface area contributed by atoms with Crippen LogP contribution in [0.25, 0.3) is 22.1 Å². The molecular weight excluding hydrogens is 374 g/mol. The molecule has 9 nitrogen and oxygen atoms in total. The average Bonchev–Trinajstić information content (AvgIpc) is 3.43. The summed E-state index contributed by atoms with van der Waals surface area (Å²) in [6.07, 6.45) is 4.76. The van der Waals surface area contributed by atoms with Crippen molar-refractivity contribution >= 4 is 28.0 Å². The van der Waals surface area contributed by atoms with E-state index in [4.69, 9.17) is 8.94 Å². The van der Waals surface area contributed by atoms with E-state index in [2.05, 4.69) is 20.4 Å². The van der Waals surface area contributed by atoms with Gasteiger partial charge in [-0.05, 0) is 25.0 Å². The number of fused-ring (bicyclic) bond motifs is 3. The van der Waals surface area contributed by atoms with E-state index in [1.54, 1.807) is 13.0 Å². The number of amides is 1. The highest BCUT2D eigenvalue weighted by atomic mass is 16.5. The first-order valence-corrected chi connectivity index (χ1v) is 9.54. The first-order valence-electron chi connectivity index (χ1n) is 9.54. The van der Waals surface area contributed by atoms with Crippen LogP contribution in [0.1, 0.15) is 37.4 Å². The van der Waals surface area contributed by atoms with Crippen LogP contribution in [0.3, 0.4) is 0 Å². The van der Waals surface area contributed by atoms with Crippen LogP contribution in [0.4, 0.5) is 0 Å². The van der Waals surface area contributed by atoms with Crippen molar-refractivity contribution in [3.63, 3.8) is 0 Å². The van der Waals surface area contributed by atoms with E-state index < -0.39 is 11.1 Å². The van der Waals surface area contributed by atoms with Crippen molar-refractivity contribution in [2.24, 2.45) is 0 Å². The summed E-state index contributed by atoms with van der Waals surface area (Å²) < 4.78 is 12.0. The number of benzene rings is 1. The van der Waals surface area contributed by atoms with Crippen molar-refractivity contribution in [1.82, 2.24) is 25.0 Å². The molecule has 1 amide bonds. The van der Waals surface area contributed by atoms with E-state index in [1.807, 2.05) is 18.2 Å². The van der Waals surface area contributed by atoms with E-state index in [1.165, 1.54) is 10.9 Å². The van der Waals surface area contributed by atoms with Gasteiger partial charge in [0.05, 0.1) is 6.33 Å². The van der Waals surface area contributed by atoms with Crippen molar-refractivity contribution in [3.8, 4) is 0 Å². The first-order chi connectivity index (χ1) is 14.1. The lowest BCUT2D eigenvalue weighted by Gasteiger charge is -2.26. The minimum Gasteiger partial charge on any atom is -0.448 e. The Morgan fingerprint density at radius 2 is 2.07 bits per heavy atom. The summed E-state index contributed by atoms with van der Waals surface area (Å²) in [7, 11) is 0. The second-order valence-corrected chi connectivity index (χ2v) is 7.43. The molecule has 9 heteroatoms. The summed E-state index contributed by atoms with van der Waals surface area (Å²) in [5.74, 6) is 0.629. The Kier molecular flexibility index (Phi) is 3.97. The highest BCUT2D eigenvalue weighted by molar-refractivity contribution is 6.01. The van der Waals surface area contributed by atoms with Crippen molar-refractivity contribution in [3.05, 3.63) is 52.7 Å². The number of para-hydroxylation sites is 1. The molecule has 1 aliphatic rings. The third-order valence-corrected chi connectivity index (χ3v) is 5.46. The number of hydrogen-bond acceptors (Lipinski definition) is 7. The third kappa shape index (κ3) is 2.89.